The Hall–Kier alpha value is -0.970. The summed E-state index contributed by atoms with van der Waals surface area (Å²) in [7, 11) is 0. The zero-order valence-corrected chi connectivity index (χ0v) is 9.61. The van der Waals surface area contributed by atoms with Crippen LogP contribution in [0.5, 0.6) is 0 Å². The van der Waals surface area contributed by atoms with Crippen molar-refractivity contribution >= 4 is 29.0 Å². The van der Waals surface area contributed by atoms with E-state index in [1.54, 1.807) is 18.2 Å². The standard InChI is InChI=1S/C12H10Cl2O/c1-2-3-5-9(15)8-10-11(13)6-4-7-12(10)14/h1,4,6-7H,3,5,8H2. The zero-order valence-electron chi connectivity index (χ0n) is 8.09. The molecule has 1 nitrogen and oxygen atoms in total. The molecule has 1 aromatic rings. The fraction of sp³-hybridized carbons (Fsp3) is 0.250. The van der Waals surface area contributed by atoms with Crippen LogP contribution in [-0.2, 0) is 11.2 Å². The lowest BCUT2D eigenvalue weighted by molar-refractivity contribution is -0.118. The first-order chi connectivity index (χ1) is 7.15. The van der Waals surface area contributed by atoms with Gasteiger partial charge in [-0.05, 0) is 17.7 Å². The summed E-state index contributed by atoms with van der Waals surface area (Å²) in [6.45, 7) is 0. The van der Waals surface area contributed by atoms with Crippen LogP contribution >= 0.6 is 23.2 Å². The molecule has 78 valence electrons. The van der Waals surface area contributed by atoms with Crippen molar-refractivity contribution in [2.45, 2.75) is 19.3 Å². The number of halogens is 2. The van der Waals surface area contributed by atoms with Crippen LogP contribution in [0, 0.1) is 12.3 Å². The van der Waals surface area contributed by atoms with Crippen LogP contribution in [0.15, 0.2) is 18.2 Å². The van der Waals surface area contributed by atoms with Crippen LogP contribution in [0.4, 0.5) is 0 Å². The maximum absolute atomic E-state index is 11.5. The summed E-state index contributed by atoms with van der Waals surface area (Å²) < 4.78 is 0. The Balaban J connectivity index is 2.73. The molecule has 0 aliphatic rings. The monoisotopic (exact) mass is 240 g/mol. The second-order valence-corrected chi connectivity index (χ2v) is 3.93. The van der Waals surface area contributed by atoms with Crippen LogP contribution in [0.25, 0.3) is 0 Å². The summed E-state index contributed by atoms with van der Waals surface area (Å²) in [6.07, 6.45) is 6.16. The van der Waals surface area contributed by atoms with Crippen LogP contribution < -0.4 is 0 Å². The molecule has 0 saturated heterocycles. The lowest BCUT2D eigenvalue weighted by Gasteiger charge is -2.04. The predicted octanol–water partition coefficient (Wildman–Crippen LogP) is 3.52. The Bertz CT molecular complexity index is 384. The molecule has 0 aromatic heterocycles. The summed E-state index contributed by atoms with van der Waals surface area (Å²) in [4.78, 5) is 11.5. The molecule has 0 atom stereocenters. The molecule has 1 rings (SSSR count). The van der Waals surface area contributed by atoms with Crippen molar-refractivity contribution in [1.82, 2.24) is 0 Å². The third-order valence-corrected chi connectivity index (χ3v) is 2.69. The molecular weight excluding hydrogens is 231 g/mol. The molecule has 0 unspecified atom stereocenters. The Morgan fingerprint density at radius 1 is 1.33 bits per heavy atom. The molecule has 0 aliphatic carbocycles. The van der Waals surface area contributed by atoms with Crippen molar-refractivity contribution in [3.63, 3.8) is 0 Å². The first kappa shape index (κ1) is 12.1. The SMILES string of the molecule is C#CCCC(=O)Cc1c(Cl)cccc1Cl. The molecule has 3 heteroatoms. The maximum atomic E-state index is 11.5. The summed E-state index contributed by atoms with van der Waals surface area (Å²) in [5.41, 5.74) is 0.683. The number of carbonyl (C=O) groups is 1. The first-order valence-corrected chi connectivity index (χ1v) is 5.28. The molecule has 0 saturated carbocycles. The minimum absolute atomic E-state index is 0.0583. The Labute approximate surface area is 99.4 Å². The average molecular weight is 241 g/mol. The average Bonchev–Trinajstić information content (AvgIpc) is 2.21. The van der Waals surface area contributed by atoms with E-state index >= 15 is 0 Å². The van der Waals surface area contributed by atoms with Gasteiger partial charge in [0.15, 0.2) is 0 Å². The highest BCUT2D eigenvalue weighted by molar-refractivity contribution is 6.36. The molecular formula is C12H10Cl2O. The molecule has 0 radical (unpaired) electrons. The Kier molecular flexibility index (Phi) is 4.68. The van der Waals surface area contributed by atoms with Crippen molar-refractivity contribution in [2.24, 2.45) is 0 Å². The molecule has 0 spiro atoms. The predicted molar refractivity (Wildman–Crippen MR) is 63.2 cm³/mol. The second kappa shape index (κ2) is 5.80. The Morgan fingerprint density at radius 3 is 2.47 bits per heavy atom. The summed E-state index contributed by atoms with van der Waals surface area (Å²) in [5.74, 6) is 2.49. The molecule has 0 heterocycles. The van der Waals surface area contributed by atoms with E-state index in [0.717, 1.165) is 0 Å². The smallest absolute Gasteiger partial charge is 0.138 e. The van der Waals surface area contributed by atoms with E-state index < -0.39 is 0 Å². The van der Waals surface area contributed by atoms with E-state index in [2.05, 4.69) is 5.92 Å². The van der Waals surface area contributed by atoms with Gasteiger partial charge in [-0.1, -0.05) is 29.3 Å². The van der Waals surface area contributed by atoms with E-state index in [9.17, 15) is 4.79 Å². The minimum Gasteiger partial charge on any atom is -0.299 e. The van der Waals surface area contributed by atoms with E-state index in [-0.39, 0.29) is 12.2 Å². The van der Waals surface area contributed by atoms with Gasteiger partial charge in [0.25, 0.3) is 0 Å². The quantitative estimate of drug-likeness (QED) is 0.737. The van der Waals surface area contributed by atoms with Crippen LogP contribution in [0.1, 0.15) is 18.4 Å². The minimum atomic E-state index is 0.0583. The topological polar surface area (TPSA) is 17.1 Å². The first-order valence-electron chi connectivity index (χ1n) is 4.53. The molecule has 0 amide bonds. The number of terminal acetylenes is 1. The molecule has 1 aromatic carbocycles. The molecule has 0 aliphatic heterocycles. The second-order valence-electron chi connectivity index (χ2n) is 3.12. The zero-order chi connectivity index (χ0) is 11.3. The fourth-order valence-electron chi connectivity index (χ4n) is 1.20. The van der Waals surface area contributed by atoms with Gasteiger partial charge in [-0.15, -0.1) is 12.3 Å². The van der Waals surface area contributed by atoms with Gasteiger partial charge < -0.3 is 0 Å². The van der Waals surface area contributed by atoms with Crippen molar-refractivity contribution in [1.29, 1.82) is 0 Å². The number of Topliss-reactive ketones (excluding diaryl/α,β-unsaturated/α-hetero) is 1. The van der Waals surface area contributed by atoms with Crippen LogP contribution in [-0.4, -0.2) is 5.78 Å². The van der Waals surface area contributed by atoms with Gasteiger partial charge in [0.1, 0.15) is 5.78 Å². The van der Waals surface area contributed by atoms with Gasteiger partial charge in [-0.25, -0.2) is 0 Å². The normalized spacial score (nSPS) is 9.67. The highest BCUT2D eigenvalue weighted by Gasteiger charge is 2.09. The molecule has 0 fully saturated rings. The summed E-state index contributed by atoms with van der Waals surface area (Å²) in [6, 6.07) is 5.19. The van der Waals surface area contributed by atoms with Crippen LogP contribution in [0.2, 0.25) is 10.0 Å². The van der Waals surface area contributed by atoms with E-state index in [1.165, 1.54) is 0 Å². The molecule has 0 bridgehead atoms. The summed E-state index contributed by atoms with van der Waals surface area (Å²) in [5, 5.41) is 1.05. The largest absolute Gasteiger partial charge is 0.299 e. The third-order valence-electron chi connectivity index (χ3n) is 1.98. The van der Waals surface area contributed by atoms with Crippen LogP contribution in [0.3, 0.4) is 0 Å². The lowest BCUT2D eigenvalue weighted by Crippen LogP contribution is -2.03. The summed E-state index contributed by atoms with van der Waals surface area (Å²) >= 11 is 11.9. The highest BCUT2D eigenvalue weighted by atomic mass is 35.5. The van der Waals surface area contributed by atoms with Gasteiger partial charge in [-0.2, -0.15) is 0 Å². The van der Waals surface area contributed by atoms with Crippen molar-refractivity contribution in [3.05, 3.63) is 33.8 Å². The lowest BCUT2D eigenvalue weighted by atomic mass is 10.1. The maximum Gasteiger partial charge on any atom is 0.138 e. The Morgan fingerprint density at radius 2 is 1.93 bits per heavy atom. The van der Waals surface area contributed by atoms with Crippen molar-refractivity contribution in [2.75, 3.05) is 0 Å². The highest BCUT2D eigenvalue weighted by Crippen LogP contribution is 2.25. The van der Waals surface area contributed by atoms with Gasteiger partial charge in [0, 0.05) is 29.3 Å². The van der Waals surface area contributed by atoms with E-state index in [1.807, 2.05) is 0 Å². The third kappa shape index (κ3) is 3.58. The van der Waals surface area contributed by atoms with E-state index in [0.29, 0.717) is 28.5 Å². The van der Waals surface area contributed by atoms with E-state index in [4.69, 9.17) is 29.6 Å². The fourth-order valence-corrected chi connectivity index (χ4v) is 1.73. The van der Waals surface area contributed by atoms with Gasteiger partial charge >= 0.3 is 0 Å². The molecule has 15 heavy (non-hydrogen) atoms. The number of hydrogen-bond donors (Lipinski definition) is 0. The number of ketones is 1. The molecule has 0 N–H and O–H groups in total. The number of carbonyl (C=O) groups excluding carboxylic acids is 1. The van der Waals surface area contributed by atoms with Gasteiger partial charge in [-0.3, -0.25) is 4.79 Å². The number of benzene rings is 1. The van der Waals surface area contributed by atoms with Crippen molar-refractivity contribution < 1.29 is 4.79 Å². The van der Waals surface area contributed by atoms with Gasteiger partial charge in [0.2, 0.25) is 0 Å². The van der Waals surface area contributed by atoms with Gasteiger partial charge in [0.05, 0.1) is 0 Å². The number of rotatable bonds is 4. The van der Waals surface area contributed by atoms with Crippen molar-refractivity contribution in [3.8, 4) is 12.3 Å². The number of hydrogen-bond acceptors (Lipinski definition) is 1.